The van der Waals surface area contributed by atoms with Crippen LogP contribution in [0.3, 0.4) is 0 Å². The van der Waals surface area contributed by atoms with Gasteiger partial charge in [-0.3, -0.25) is 0 Å². The molecule has 192 valence electrons. The van der Waals surface area contributed by atoms with Crippen LogP contribution in [0.1, 0.15) is 76.1 Å². The molecular formula is C34H40N2O. The second kappa shape index (κ2) is 13.1. The van der Waals surface area contributed by atoms with Gasteiger partial charge in [0.1, 0.15) is 11.8 Å². The summed E-state index contributed by atoms with van der Waals surface area (Å²) in [4.78, 5) is 0. The van der Waals surface area contributed by atoms with E-state index in [0.29, 0.717) is 24.2 Å². The number of ether oxygens (including phenoxy) is 1. The summed E-state index contributed by atoms with van der Waals surface area (Å²) in [7, 11) is 0. The topological polar surface area (TPSA) is 56.8 Å². The van der Waals surface area contributed by atoms with Crippen LogP contribution >= 0.6 is 0 Å². The summed E-state index contributed by atoms with van der Waals surface area (Å²) in [6.07, 6.45) is 3.26. The van der Waals surface area contributed by atoms with E-state index in [0.717, 1.165) is 30.6 Å². The van der Waals surface area contributed by atoms with E-state index >= 15 is 0 Å². The highest BCUT2D eigenvalue weighted by Gasteiger charge is 2.16. The van der Waals surface area contributed by atoms with Crippen LogP contribution in [0.2, 0.25) is 0 Å². The van der Waals surface area contributed by atoms with Gasteiger partial charge in [-0.15, -0.1) is 0 Å². The van der Waals surface area contributed by atoms with Gasteiger partial charge in [0.15, 0.2) is 6.61 Å². The maximum Gasteiger partial charge on any atom is 0.174 e. The largest absolute Gasteiger partial charge is 0.478 e. The SMILES string of the molecule is CC(C)Cc1cc(-c2ccc(-c3ccc(CCC#N)cc3CC(C)C)cc2C(C)C)ccc1OCC#N. The first kappa shape index (κ1) is 28.0. The second-order valence-corrected chi connectivity index (χ2v) is 11.1. The molecule has 0 unspecified atom stereocenters. The van der Waals surface area contributed by atoms with Gasteiger partial charge in [0.05, 0.1) is 6.07 Å². The number of nitriles is 2. The molecule has 0 aromatic heterocycles. The van der Waals surface area contributed by atoms with Crippen molar-refractivity contribution in [3.8, 4) is 40.1 Å². The molecule has 0 fully saturated rings. The van der Waals surface area contributed by atoms with Crippen molar-refractivity contribution in [2.24, 2.45) is 11.8 Å². The van der Waals surface area contributed by atoms with Gasteiger partial charge in [0.25, 0.3) is 0 Å². The first-order valence-corrected chi connectivity index (χ1v) is 13.5. The van der Waals surface area contributed by atoms with Crippen molar-refractivity contribution in [2.45, 2.75) is 73.1 Å². The zero-order valence-electron chi connectivity index (χ0n) is 23.3. The van der Waals surface area contributed by atoms with Gasteiger partial charge in [-0.2, -0.15) is 10.5 Å². The number of rotatable bonds is 11. The molecule has 0 heterocycles. The first-order chi connectivity index (χ1) is 17.7. The van der Waals surface area contributed by atoms with E-state index in [9.17, 15) is 0 Å². The van der Waals surface area contributed by atoms with Crippen molar-refractivity contribution in [3.63, 3.8) is 0 Å². The summed E-state index contributed by atoms with van der Waals surface area (Å²) in [5, 5.41) is 18.0. The second-order valence-electron chi connectivity index (χ2n) is 11.1. The fourth-order valence-corrected chi connectivity index (χ4v) is 4.96. The number of aryl methyl sites for hydroxylation is 1. The quantitative estimate of drug-likeness (QED) is 0.268. The lowest BCUT2D eigenvalue weighted by molar-refractivity contribution is 0.362. The number of nitrogens with zero attached hydrogens (tertiary/aromatic N) is 2. The van der Waals surface area contributed by atoms with Gasteiger partial charge in [-0.25, -0.2) is 0 Å². The van der Waals surface area contributed by atoms with Crippen LogP contribution in [0.5, 0.6) is 5.75 Å². The van der Waals surface area contributed by atoms with Gasteiger partial charge in [-0.1, -0.05) is 84.0 Å². The fraction of sp³-hybridized carbons (Fsp3) is 0.412. The molecule has 0 saturated carbocycles. The lowest BCUT2D eigenvalue weighted by Crippen LogP contribution is -2.02. The summed E-state index contributed by atoms with van der Waals surface area (Å²) >= 11 is 0. The molecule has 0 aliphatic heterocycles. The van der Waals surface area contributed by atoms with Crippen LogP contribution in [0.4, 0.5) is 0 Å². The molecule has 3 aromatic carbocycles. The third-order valence-corrected chi connectivity index (χ3v) is 6.60. The molecule has 0 saturated heterocycles. The summed E-state index contributed by atoms with van der Waals surface area (Å²) in [5.74, 6) is 2.20. The van der Waals surface area contributed by atoms with E-state index in [2.05, 4.69) is 102 Å². The van der Waals surface area contributed by atoms with Crippen molar-refractivity contribution >= 4 is 0 Å². The van der Waals surface area contributed by atoms with Crippen molar-refractivity contribution in [2.75, 3.05) is 6.61 Å². The monoisotopic (exact) mass is 492 g/mol. The Kier molecular flexibility index (Phi) is 9.93. The van der Waals surface area contributed by atoms with E-state index in [1.165, 1.54) is 38.9 Å². The highest BCUT2D eigenvalue weighted by molar-refractivity contribution is 5.76. The highest BCUT2D eigenvalue weighted by atomic mass is 16.5. The van der Waals surface area contributed by atoms with Crippen molar-refractivity contribution in [1.29, 1.82) is 10.5 Å². The van der Waals surface area contributed by atoms with E-state index in [4.69, 9.17) is 15.3 Å². The van der Waals surface area contributed by atoms with Gasteiger partial charge in [-0.05, 0) is 93.7 Å². The molecule has 0 N–H and O–H groups in total. The van der Waals surface area contributed by atoms with E-state index in [1.54, 1.807) is 0 Å². The molecule has 0 bridgehead atoms. The molecule has 0 aliphatic rings. The molecule has 0 radical (unpaired) electrons. The van der Waals surface area contributed by atoms with E-state index in [1.807, 2.05) is 6.07 Å². The maximum atomic E-state index is 9.02. The predicted octanol–water partition coefficient (Wildman–Crippen LogP) is 8.90. The fourth-order valence-electron chi connectivity index (χ4n) is 4.96. The Labute approximate surface area is 223 Å². The van der Waals surface area contributed by atoms with Gasteiger partial charge in [0.2, 0.25) is 0 Å². The smallest absolute Gasteiger partial charge is 0.174 e. The minimum atomic E-state index is 0.0599. The molecule has 3 nitrogen and oxygen atoms in total. The van der Waals surface area contributed by atoms with Crippen molar-refractivity contribution in [3.05, 3.63) is 76.9 Å². The zero-order valence-corrected chi connectivity index (χ0v) is 23.3. The maximum absolute atomic E-state index is 9.02. The Bertz CT molecular complexity index is 1290. The van der Waals surface area contributed by atoms with E-state index in [-0.39, 0.29) is 6.61 Å². The van der Waals surface area contributed by atoms with Crippen LogP contribution in [0.25, 0.3) is 22.3 Å². The Morgan fingerprint density at radius 3 is 2.00 bits per heavy atom. The van der Waals surface area contributed by atoms with Crippen LogP contribution in [-0.2, 0) is 19.3 Å². The lowest BCUT2D eigenvalue weighted by Gasteiger charge is -2.19. The summed E-state index contributed by atoms with van der Waals surface area (Å²) < 4.78 is 5.73. The molecular weight excluding hydrogens is 452 g/mol. The molecule has 0 aliphatic carbocycles. The first-order valence-electron chi connectivity index (χ1n) is 13.5. The third-order valence-electron chi connectivity index (χ3n) is 6.60. The Balaban J connectivity index is 2.08. The van der Waals surface area contributed by atoms with Crippen LogP contribution in [0.15, 0.2) is 54.6 Å². The van der Waals surface area contributed by atoms with Crippen LogP contribution < -0.4 is 4.74 Å². The number of hydrogen-bond donors (Lipinski definition) is 0. The van der Waals surface area contributed by atoms with Gasteiger partial charge in [0, 0.05) is 6.42 Å². The Morgan fingerprint density at radius 2 is 1.35 bits per heavy atom. The molecule has 0 atom stereocenters. The predicted molar refractivity (Wildman–Crippen MR) is 154 cm³/mol. The van der Waals surface area contributed by atoms with E-state index < -0.39 is 0 Å². The van der Waals surface area contributed by atoms with Crippen molar-refractivity contribution in [1.82, 2.24) is 0 Å². The average molecular weight is 493 g/mol. The molecule has 3 rings (SSSR count). The molecule has 0 spiro atoms. The normalized spacial score (nSPS) is 11.1. The molecule has 3 aromatic rings. The summed E-state index contributed by atoms with van der Waals surface area (Å²) in [5.41, 5.74) is 10.0. The molecule has 37 heavy (non-hydrogen) atoms. The number of hydrogen-bond acceptors (Lipinski definition) is 3. The Hall–Kier alpha value is -3.56. The van der Waals surface area contributed by atoms with Crippen LogP contribution in [-0.4, -0.2) is 6.61 Å². The highest BCUT2D eigenvalue weighted by Crippen LogP contribution is 2.37. The summed E-state index contributed by atoms with van der Waals surface area (Å²) in [6.45, 7) is 13.5. The average Bonchev–Trinajstić information content (AvgIpc) is 2.85. The molecule has 3 heteroatoms. The van der Waals surface area contributed by atoms with Gasteiger partial charge < -0.3 is 4.74 Å². The van der Waals surface area contributed by atoms with Crippen LogP contribution in [0, 0.1) is 34.5 Å². The standard InChI is InChI=1S/C34H40N2O/c1-23(2)18-29-20-26(8-7-15-35)9-12-31(29)28-10-13-32(33(22-28)25(5)6)27-11-14-34(37-17-16-36)30(21-27)19-24(3)4/h9-14,20-25H,7-8,17-19H2,1-6H3. The van der Waals surface area contributed by atoms with Crippen molar-refractivity contribution < 1.29 is 4.74 Å². The molecule has 0 amide bonds. The zero-order chi connectivity index (χ0) is 26.9. The minimum Gasteiger partial charge on any atom is -0.478 e. The van der Waals surface area contributed by atoms with Gasteiger partial charge >= 0.3 is 0 Å². The minimum absolute atomic E-state index is 0.0599. The third kappa shape index (κ3) is 7.47. The summed E-state index contributed by atoms with van der Waals surface area (Å²) in [6, 6.07) is 24.3. The lowest BCUT2D eigenvalue weighted by atomic mass is 9.86. The Morgan fingerprint density at radius 1 is 0.703 bits per heavy atom. The number of benzene rings is 3.